The number of carboxylic acids is 1. The lowest BCUT2D eigenvalue weighted by Gasteiger charge is -2.26. The summed E-state index contributed by atoms with van der Waals surface area (Å²) in [5, 5.41) is 11.9. The molecule has 0 aromatic heterocycles. The van der Waals surface area contributed by atoms with E-state index in [0.717, 1.165) is 12.8 Å². The predicted molar refractivity (Wildman–Crippen MR) is 61.0 cm³/mol. The van der Waals surface area contributed by atoms with E-state index in [-0.39, 0.29) is 12.5 Å². The summed E-state index contributed by atoms with van der Waals surface area (Å²) < 4.78 is 0. The highest BCUT2D eigenvalue weighted by Crippen LogP contribution is 2.32. The van der Waals surface area contributed by atoms with Crippen molar-refractivity contribution in [3.8, 4) is 0 Å². The van der Waals surface area contributed by atoms with Crippen molar-refractivity contribution in [1.82, 2.24) is 5.32 Å². The number of hydrogen-bond acceptors (Lipinski definition) is 2. The van der Waals surface area contributed by atoms with Crippen molar-refractivity contribution in [2.45, 2.75) is 46.0 Å². The Hall–Kier alpha value is -1.06. The summed E-state index contributed by atoms with van der Waals surface area (Å²) in [6, 6.07) is 0. The number of amides is 1. The highest BCUT2D eigenvalue weighted by atomic mass is 16.4. The Morgan fingerprint density at radius 3 is 2.25 bits per heavy atom. The molecule has 0 aromatic carbocycles. The number of carbonyl (C=O) groups excluding carboxylic acids is 1. The first-order chi connectivity index (χ1) is 7.54. The highest BCUT2D eigenvalue weighted by Gasteiger charge is 2.35. The average molecular weight is 227 g/mol. The molecule has 0 aliphatic heterocycles. The van der Waals surface area contributed by atoms with Gasteiger partial charge in [-0.05, 0) is 31.6 Å². The monoisotopic (exact) mass is 227 g/mol. The Kier molecular flexibility index (Phi) is 4.33. The van der Waals surface area contributed by atoms with Crippen LogP contribution in [0.4, 0.5) is 0 Å². The minimum Gasteiger partial charge on any atom is -0.481 e. The van der Waals surface area contributed by atoms with Crippen molar-refractivity contribution in [3.63, 3.8) is 0 Å². The molecular weight excluding hydrogens is 206 g/mol. The zero-order chi connectivity index (χ0) is 12.2. The maximum Gasteiger partial charge on any atom is 0.311 e. The van der Waals surface area contributed by atoms with Crippen LogP contribution in [0.25, 0.3) is 0 Å². The van der Waals surface area contributed by atoms with Crippen LogP contribution in [-0.2, 0) is 9.59 Å². The highest BCUT2D eigenvalue weighted by molar-refractivity contribution is 5.79. The van der Waals surface area contributed by atoms with Gasteiger partial charge in [-0.2, -0.15) is 0 Å². The minimum absolute atomic E-state index is 0.00461. The Labute approximate surface area is 96.4 Å². The molecule has 1 amide bonds. The molecule has 1 aliphatic rings. The van der Waals surface area contributed by atoms with Gasteiger partial charge in [0.05, 0.1) is 5.41 Å². The van der Waals surface area contributed by atoms with Gasteiger partial charge in [0.2, 0.25) is 5.91 Å². The largest absolute Gasteiger partial charge is 0.481 e. The zero-order valence-electron chi connectivity index (χ0n) is 10.1. The summed E-state index contributed by atoms with van der Waals surface area (Å²) in [5.74, 6) is -0.276. The second-order valence-corrected chi connectivity index (χ2v) is 4.72. The molecule has 1 rings (SSSR count). The van der Waals surface area contributed by atoms with Gasteiger partial charge >= 0.3 is 5.97 Å². The van der Waals surface area contributed by atoms with Crippen LogP contribution in [0.1, 0.15) is 46.0 Å². The molecule has 0 radical (unpaired) electrons. The number of nitrogens with one attached hydrogen (secondary N) is 1. The van der Waals surface area contributed by atoms with Gasteiger partial charge in [0.1, 0.15) is 0 Å². The van der Waals surface area contributed by atoms with E-state index in [1.165, 1.54) is 0 Å². The van der Waals surface area contributed by atoms with E-state index in [2.05, 4.69) is 5.32 Å². The molecule has 0 aromatic rings. The lowest BCUT2D eigenvalue weighted by Crippen LogP contribution is -2.42. The first-order valence-corrected chi connectivity index (χ1v) is 6.04. The Balaban J connectivity index is 2.41. The quantitative estimate of drug-likeness (QED) is 0.697. The molecule has 0 bridgehead atoms. The Morgan fingerprint density at radius 1 is 1.31 bits per heavy atom. The molecule has 0 unspecified atom stereocenters. The van der Waals surface area contributed by atoms with Gasteiger partial charge in [0.15, 0.2) is 0 Å². The van der Waals surface area contributed by atoms with Gasteiger partial charge in [-0.1, -0.05) is 13.8 Å². The first kappa shape index (κ1) is 13.0. The zero-order valence-corrected chi connectivity index (χ0v) is 10.1. The van der Waals surface area contributed by atoms with Gasteiger partial charge in [0.25, 0.3) is 0 Å². The summed E-state index contributed by atoms with van der Waals surface area (Å²) in [6.07, 6.45) is 3.92. The second kappa shape index (κ2) is 5.32. The lowest BCUT2D eigenvalue weighted by atomic mass is 9.82. The summed E-state index contributed by atoms with van der Waals surface area (Å²) in [5.41, 5.74) is -0.792. The van der Waals surface area contributed by atoms with E-state index in [1.807, 2.05) is 13.8 Å². The summed E-state index contributed by atoms with van der Waals surface area (Å²) >= 11 is 0. The van der Waals surface area contributed by atoms with Crippen LogP contribution in [0.3, 0.4) is 0 Å². The SMILES string of the molecule is CCC(CC)(CNC(=O)CC1CC1)C(=O)O. The number of hydrogen-bond donors (Lipinski definition) is 2. The van der Waals surface area contributed by atoms with Gasteiger partial charge in [-0.15, -0.1) is 0 Å². The fourth-order valence-electron chi connectivity index (χ4n) is 1.80. The van der Waals surface area contributed by atoms with E-state index in [1.54, 1.807) is 0 Å². The normalized spacial score (nSPS) is 15.9. The Bertz CT molecular complexity index is 267. The van der Waals surface area contributed by atoms with Gasteiger partial charge < -0.3 is 10.4 Å². The van der Waals surface area contributed by atoms with Crippen molar-refractivity contribution in [2.24, 2.45) is 11.3 Å². The molecule has 0 saturated heterocycles. The van der Waals surface area contributed by atoms with Crippen molar-refractivity contribution in [1.29, 1.82) is 0 Å². The molecular formula is C12H21NO3. The molecule has 1 aliphatic carbocycles. The molecule has 1 fully saturated rings. The summed E-state index contributed by atoms with van der Waals surface area (Å²) in [7, 11) is 0. The van der Waals surface area contributed by atoms with Crippen LogP contribution in [0.15, 0.2) is 0 Å². The second-order valence-electron chi connectivity index (χ2n) is 4.72. The van der Waals surface area contributed by atoms with E-state index in [9.17, 15) is 14.7 Å². The molecule has 4 nitrogen and oxygen atoms in total. The molecule has 1 saturated carbocycles. The van der Waals surface area contributed by atoms with Crippen molar-refractivity contribution in [3.05, 3.63) is 0 Å². The lowest BCUT2D eigenvalue weighted by molar-refractivity contribution is -0.149. The topological polar surface area (TPSA) is 66.4 Å². The molecule has 92 valence electrons. The van der Waals surface area contributed by atoms with E-state index in [4.69, 9.17) is 0 Å². The van der Waals surface area contributed by atoms with Crippen LogP contribution >= 0.6 is 0 Å². The van der Waals surface area contributed by atoms with Crippen LogP contribution < -0.4 is 5.32 Å². The number of carbonyl (C=O) groups is 2. The van der Waals surface area contributed by atoms with Gasteiger partial charge in [-0.3, -0.25) is 9.59 Å². The number of rotatable bonds is 7. The first-order valence-electron chi connectivity index (χ1n) is 6.04. The smallest absolute Gasteiger partial charge is 0.311 e. The maximum atomic E-state index is 11.5. The molecule has 0 heterocycles. The molecule has 0 spiro atoms. The van der Waals surface area contributed by atoms with E-state index < -0.39 is 11.4 Å². The summed E-state index contributed by atoms with van der Waals surface area (Å²) in [6.45, 7) is 3.95. The fourth-order valence-corrected chi connectivity index (χ4v) is 1.80. The molecule has 0 atom stereocenters. The third-order valence-corrected chi connectivity index (χ3v) is 3.60. The number of aliphatic carboxylic acids is 1. The third kappa shape index (κ3) is 3.22. The van der Waals surface area contributed by atoms with Gasteiger partial charge in [-0.25, -0.2) is 0 Å². The van der Waals surface area contributed by atoms with Crippen molar-refractivity contribution >= 4 is 11.9 Å². The third-order valence-electron chi connectivity index (χ3n) is 3.60. The fraction of sp³-hybridized carbons (Fsp3) is 0.833. The maximum absolute atomic E-state index is 11.5. The minimum atomic E-state index is -0.816. The van der Waals surface area contributed by atoms with E-state index >= 15 is 0 Å². The number of carboxylic acid groups (broad SMARTS) is 1. The van der Waals surface area contributed by atoms with Gasteiger partial charge in [0, 0.05) is 13.0 Å². The average Bonchev–Trinajstić information content (AvgIpc) is 3.03. The Morgan fingerprint density at radius 2 is 1.88 bits per heavy atom. The van der Waals surface area contributed by atoms with Crippen LogP contribution in [-0.4, -0.2) is 23.5 Å². The predicted octanol–water partition coefficient (Wildman–Crippen LogP) is 1.79. The van der Waals surface area contributed by atoms with Crippen molar-refractivity contribution < 1.29 is 14.7 Å². The van der Waals surface area contributed by atoms with Crippen LogP contribution in [0.2, 0.25) is 0 Å². The molecule has 16 heavy (non-hydrogen) atoms. The van der Waals surface area contributed by atoms with Crippen LogP contribution in [0, 0.1) is 11.3 Å². The van der Waals surface area contributed by atoms with Crippen molar-refractivity contribution in [2.75, 3.05) is 6.54 Å². The standard InChI is InChI=1S/C12H21NO3/c1-3-12(4-2,11(15)16)8-13-10(14)7-9-5-6-9/h9H,3-8H2,1-2H3,(H,13,14)(H,15,16). The molecule has 2 N–H and O–H groups in total. The molecule has 4 heteroatoms. The van der Waals surface area contributed by atoms with Crippen LogP contribution in [0.5, 0.6) is 0 Å². The summed E-state index contributed by atoms with van der Waals surface area (Å²) in [4.78, 5) is 22.7. The van der Waals surface area contributed by atoms with E-state index in [0.29, 0.717) is 25.2 Å².